The van der Waals surface area contributed by atoms with Gasteiger partial charge in [-0.25, -0.2) is 13.2 Å². The van der Waals surface area contributed by atoms with Crippen LogP contribution in [0, 0.1) is 23.3 Å². The second kappa shape index (κ2) is 12.8. The molecule has 0 saturated heterocycles. The molecule has 212 valence electrons. The van der Waals surface area contributed by atoms with Crippen molar-refractivity contribution in [3.63, 3.8) is 0 Å². The van der Waals surface area contributed by atoms with E-state index >= 15 is 8.78 Å². The first-order valence-electron chi connectivity index (χ1n) is 14.3. The van der Waals surface area contributed by atoms with Gasteiger partial charge in [0.2, 0.25) is 5.82 Å². The van der Waals surface area contributed by atoms with E-state index in [1.165, 1.54) is 54.2 Å². The summed E-state index contributed by atoms with van der Waals surface area (Å²) in [6.07, 6.45) is 8.44. The van der Waals surface area contributed by atoms with Gasteiger partial charge in [0.25, 0.3) is 0 Å². The lowest BCUT2D eigenvalue weighted by molar-refractivity contribution is 0.333. The summed E-state index contributed by atoms with van der Waals surface area (Å²) in [6.45, 7) is 5.75. The molecule has 4 aromatic rings. The molecule has 0 fully saturated rings. The van der Waals surface area contributed by atoms with Gasteiger partial charge in [-0.1, -0.05) is 87.0 Å². The molecule has 1 atom stereocenters. The van der Waals surface area contributed by atoms with Gasteiger partial charge in [-0.15, -0.1) is 0 Å². The average Bonchev–Trinajstić information content (AvgIpc) is 2.99. The van der Waals surface area contributed by atoms with Crippen molar-refractivity contribution in [1.82, 2.24) is 0 Å². The highest BCUT2D eigenvalue weighted by molar-refractivity contribution is 5.72. The van der Waals surface area contributed by atoms with E-state index in [1.54, 1.807) is 36.4 Å². The minimum absolute atomic E-state index is 0.0488. The van der Waals surface area contributed by atoms with E-state index < -0.39 is 23.3 Å². The number of hydrogen-bond donors (Lipinski definition) is 0. The number of rotatable bonds is 10. The predicted octanol–water partition coefficient (Wildman–Crippen LogP) is 10.1. The maximum absolute atomic E-state index is 15.4. The Bertz CT molecular complexity index is 1540. The summed E-state index contributed by atoms with van der Waals surface area (Å²) in [4.78, 5) is 0. The summed E-state index contributed by atoms with van der Waals surface area (Å²) >= 11 is 0. The molecule has 1 aliphatic carbocycles. The van der Waals surface area contributed by atoms with E-state index in [0.29, 0.717) is 23.1 Å². The lowest BCUT2D eigenvalue weighted by atomic mass is 9.79. The van der Waals surface area contributed by atoms with Crippen LogP contribution in [-0.4, -0.2) is 6.61 Å². The number of ether oxygens (including phenoxy) is 1. The molecular formula is C36H34F4O. The summed E-state index contributed by atoms with van der Waals surface area (Å²) in [7, 11) is 0. The second-order valence-electron chi connectivity index (χ2n) is 10.7. The number of benzene rings is 4. The Morgan fingerprint density at radius 1 is 0.780 bits per heavy atom. The summed E-state index contributed by atoms with van der Waals surface area (Å²) in [5.74, 6) is -4.13. The van der Waals surface area contributed by atoms with Gasteiger partial charge >= 0.3 is 0 Å². The van der Waals surface area contributed by atoms with Crippen LogP contribution in [0.2, 0.25) is 0 Å². The fourth-order valence-corrected chi connectivity index (χ4v) is 5.76. The highest BCUT2D eigenvalue weighted by atomic mass is 19.2. The van der Waals surface area contributed by atoms with Gasteiger partial charge < -0.3 is 4.74 Å². The standard InChI is InChI=1S/C36H34F4O/c1-3-5-6-7-23-8-9-27-22-28(15-14-26(27)21-23)31-17-16-29(33(37)34(31)38)24-10-12-25(13-11-24)30-18-19-32(41-20-4-2)36(40)35(30)39/h4,8-13,16-19,21,28H,2-3,5-7,14-15,20,22H2,1H3. The Morgan fingerprint density at radius 2 is 1.46 bits per heavy atom. The second-order valence-corrected chi connectivity index (χ2v) is 10.7. The summed E-state index contributed by atoms with van der Waals surface area (Å²) < 4.78 is 65.1. The quantitative estimate of drug-likeness (QED) is 0.107. The molecule has 4 aromatic carbocycles. The van der Waals surface area contributed by atoms with Crippen LogP contribution in [0.1, 0.15) is 60.8 Å². The smallest absolute Gasteiger partial charge is 0.201 e. The Balaban J connectivity index is 1.33. The first kappa shape index (κ1) is 28.7. The van der Waals surface area contributed by atoms with Crippen molar-refractivity contribution in [2.45, 2.75) is 57.8 Å². The van der Waals surface area contributed by atoms with Crippen LogP contribution in [0.25, 0.3) is 22.3 Å². The van der Waals surface area contributed by atoms with Crippen LogP contribution >= 0.6 is 0 Å². The number of aryl methyl sites for hydroxylation is 2. The molecule has 1 nitrogen and oxygen atoms in total. The molecule has 0 heterocycles. The third kappa shape index (κ3) is 6.09. The average molecular weight is 559 g/mol. The predicted molar refractivity (Wildman–Crippen MR) is 157 cm³/mol. The van der Waals surface area contributed by atoms with Crippen LogP contribution in [0.15, 0.2) is 79.4 Å². The fraction of sp³-hybridized carbons (Fsp3) is 0.278. The van der Waals surface area contributed by atoms with E-state index in [1.807, 2.05) is 0 Å². The third-order valence-electron chi connectivity index (χ3n) is 8.03. The third-order valence-corrected chi connectivity index (χ3v) is 8.03. The Hall–Kier alpha value is -3.86. The maximum Gasteiger partial charge on any atom is 0.201 e. The fourth-order valence-electron chi connectivity index (χ4n) is 5.76. The van der Waals surface area contributed by atoms with Gasteiger partial charge in [0.1, 0.15) is 6.61 Å². The van der Waals surface area contributed by atoms with Gasteiger partial charge in [0, 0.05) is 11.1 Å². The van der Waals surface area contributed by atoms with Crippen LogP contribution in [0.4, 0.5) is 17.6 Å². The van der Waals surface area contributed by atoms with Crippen molar-refractivity contribution in [3.8, 4) is 28.0 Å². The van der Waals surface area contributed by atoms with Crippen LogP contribution in [0.3, 0.4) is 0 Å². The summed E-state index contributed by atoms with van der Waals surface area (Å²) in [5.41, 5.74) is 5.33. The van der Waals surface area contributed by atoms with Crippen molar-refractivity contribution in [3.05, 3.63) is 125 Å². The molecule has 0 aromatic heterocycles. The molecule has 0 bridgehead atoms. The van der Waals surface area contributed by atoms with E-state index in [2.05, 4.69) is 31.7 Å². The SMILES string of the molecule is C=CCOc1ccc(-c2ccc(-c3ccc(C4CCc5cc(CCCCC)ccc5C4)c(F)c3F)cc2)c(F)c1F. The molecule has 1 unspecified atom stereocenters. The van der Waals surface area contributed by atoms with Crippen LogP contribution in [-0.2, 0) is 19.3 Å². The van der Waals surface area contributed by atoms with E-state index in [9.17, 15) is 8.78 Å². The molecule has 0 aliphatic heterocycles. The molecule has 0 N–H and O–H groups in total. The molecule has 1 aliphatic rings. The molecule has 0 saturated carbocycles. The number of unbranched alkanes of at least 4 members (excludes halogenated alkanes) is 2. The van der Waals surface area contributed by atoms with E-state index in [0.717, 1.165) is 19.3 Å². The first-order valence-corrected chi connectivity index (χ1v) is 14.3. The van der Waals surface area contributed by atoms with E-state index in [4.69, 9.17) is 4.74 Å². The minimum atomic E-state index is -1.09. The maximum atomic E-state index is 15.4. The Morgan fingerprint density at radius 3 is 2.15 bits per heavy atom. The Labute approximate surface area is 239 Å². The zero-order valence-corrected chi connectivity index (χ0v) is 23.3. The molecule has 41 heavy (non-hydrogen) atoms. The summed E-state index contributed by atoms with van der Waals surface area (Å²) in [6, 6.07) is 19.0. The van der Waals surface area contributed by atoms with Crippen LogP contribution < -0.4 is 4.74 Å². The van der Waals surface area contributed by atoms with E-state index in [-0.39, 0.29) is 29.4 Å². The zero-order chi connectivity index (χ0) is 28.9. The number of fused-ring (bicyclic) bond motifs is 1. The van der Waals surface area contributed by atoms with Crippen molar-refractivity contribution in [1.29, 1.82) is 0 Å². The van der Waals surface area contributed by atoms with Gasteiger partial charge in [0.05, 0.1) is 0 Å². The van der Waals surface area contributed by atoms with Gasteiger partial charge in [-0.2, -0.15) is 4.39 Å². The van der Waals surface area contributed by atoms with Crippen LogP contribution in [0.5, 0.6) is 5.75 Å². The molecule has 0 radical (unpaired) electrons. The molecule has 5 heteroatoms. The van der Waals surface area contributed by atoms with Crippen molar-refractivity contribution < 1.29 is 22.3 Å². The number of halogens is 4. The topological polar surface area (TPSA) is 9.23 Å². The highest BCUT2D eigenvalue weighted by Crippen LogP contribution is 2.38. The molecule has 0 amide bonds. The molecule has 5 rings (SSSR count). The minimum Gasteiger partial charge on any atom is -0.486 e. The van der Waals surface area contributed by atoms with Gasteiger partial charge in [-0.3, -0.25) is 0 Å². The molecular weight excluding hydrogens is 524 g/mol. The molecule has 0 spiro atoms. The largest absolute Gasteiger partial charge is 0.486 e. The van der Waals surface area contributed by atoms with Gasteiger partial charge in [0.15, 0.2) is 23.2 Å². The van der Waals surface area contributed by atoms with Crippen molar-refractivity contribution in [2.24, 2.45) is 0 Å². The monoisotopic (exact) mass is 558 g/mol. The Kier molecular flexibility index (Phi) is 8.92. The van der Waals surface area contributed by atoms with Crippen molar-refractivity contribution in [2.75, 3.05) is 6.61 Å². The zero-order valence-electron chi connectivity index (χ0n) is 23.3. The van der Waals surface area contributed by atoms with Gasteiger partial charge in [-0.05, 0) is 83.5 Å². The lowest BCUT2D eigenvalue weighted by Crippen LogP contribution is -2.15. The normalized spacial score (nSPS) is 14.5. The summed E-state index contributed by atoms with van der Waals surface area (Å²) in [5, 5.41) is 0. The number of hydrogen-bond acceptors (Lipinski definition) is 1. The lowest BCUT2D eigenvalue weighted by Gasteiger charge is -2.26. The van der Waals surface area contributed by atoms with Crippen molar-refractivity contribution >= 4 is 0 Å². The highest BCUT2D eigenvalue weighted by Gasteiger charge is 2.26. The first-order chi connectivity index (χ1) is 19.9.